The van der Waals surface area contributed by atoms with E-state index in [0.29, 0.717) is 11.7 Å². The van der Waals surface area contributed by atoms with Crippen LogP contribution in [-0.2, 0) is 6.54 Å². The average Bonchev–Trinajstić information content (AvgIpc) is 2.64. The lowest BCUT2D eigenvalue weighted by molar-refractivity contribution is 0.414. The first-order valence-electron chi connectivity index (χ1n) is 8.10. The van der Waals surface area contributed by atoms with Crippen LogP contribution in [0.2, 0.25) is 0 Å². The van der Waals surface area contributed by atoms with Gasteiger partial charge < -0.3 is 20.3 Å². The van der Waals surface area contributed by atoms with Crippen molar-refractivity contribution in [2.75, 3.05) is 32.1 Å². The molecule has 0 unspecified atom stereocenters. The summed E-state index contributed by atoms with van der Waals surface area (Å²) in [5.74, 6) is 0.863. The maximum Gasteiger partial charge on any atom is 0.166 e. The Morgan fingerprint density at radius 2 is 1.75 bits per heavy atom. The maximum absolute atomic E-state index is 5.31. The quantitative estimate of drug-likeness (QED) is 0.569. The molecular formula is C19H25N3OS. The molecule has 0 aromatic heterocycles. The molecule has 0 aliphatic rings. The first-order valence-corrected chi connectivity index (χ1v) is 8.50. The monoisotopic (exact) mass is 343 g/mol. The van der Waals surface area contributed by atoms with Gasteiger partial charge in [-0.2, -0.15) is 0 Å². The van der Waals surface area contributed by atoms with Gasteiger partial charge in [0.05, 0.1) is 7.11 Å². The molecular weight excluding hydrogens is 318 g/mol. The fourth-order valence-corrected chi connectivity index (χ4v) is 2.49. The van der Waals surface area contributed by atoms with Crippen LogP contribution in [0.15, 0.2) is 54.6 Å². The summed E-state index contributed by atoms with van der Waals surface area (Å²) in [4.78, 5) is 2.25. The fourth-order valence-electron chi connectivity index (χ4n) is 2.32. The Kier molecular flexibility index (Phi) is 7.36. The molecule has 0 aliphatic heterocycles. The number of rotatable bonds is 8. The Morgan fingerprint density at radius 3 is 2.42 bits per heavy atom. The molecule has 2 aromatic rings. The highest BCUT2D eigenvalue weighted by atomic mass is 32.1. The number of ether oxygens (including phenoxy) is 1. The molecule has 0 saturated carbocycles. The third kappa shape index (κ3) is 6.08. The van der Waals surface area contributed by atoms with E-state index < -0.39 is 0 Å². The number of hydrogen-bond donors (Lipinski definition) is 2. The summed E-state index contributed by atoms with van der Waals surface area (Å²) < 4.78 is 5.15. The first-order chi connectivity index (χ1) is 11.7. The molecule has 4 nitrogen and oxygen atoms in total. The minimum absolute atomic E-state index is 0.688. The van der Waals surface area contributed by atoms with Crippen molar-refractivity contribution in [3.05, 3.63) is 60.2 Å². The van der Waals surface area contributed by atoms with Crippen LogP contribution in [0.3, 0.4) is 0 Å². The SMILES string of the molecule is COc1ccc(CNC(=S)NCCCN(C)c2ccccc2)cc1. The minimum atomic E-state index is 0.688. The Bertz CT molecular complexity index is 616. The maximum atomic E-state index is 5.31. The van der Waals surface area contributed by atoms with Gasteiger partial charge in [0.1, 0.15) is 5.75 Å². The number of para-hydroxylation sites is 1. The molecule has 0 radical (unpaired) electrons. The van der Waals surface area contributed by atoms with Crippen LogP contribution < -0.4 is 20.3 Å². The van der Waals surface area contributed by atoms with E-state index in [0.717, 1.165) is 25.3 Å². The molecule has 2 N–H and O–H groups in total. The molecule has 0 amide bonds. The number of hydrogen-bond acceptors (Lipinski definition) is 3. The van der Waals surface area contributed by atoms with Gasteiger partial charge in [-0.05, 0) is 48.5 Å². The number of anilines is 1. The summed E-state index contributed by atoms with van der Waals surface area (Å²) in [5, 5.41) is 7.16. The van der Waals surface area contributed by atoms with Gasteiger partial charge in [-0.1, -0.05) is 30.3 Å². The van der Waals surface area contributed by atoms with Crippen LogP contribution in [0.5, 0.6) is 5.75 Å². The summed E-state index contributed by atoms with van der Waals surface area (Å²) in [6.45, 7) is 2.55. The Labute approximate surface area is 149 Å². The Hall–Kier alpha value is -2.27. The number of benzene rings is 2. The van der Waals surface area contributed by atoms with Gasteiger partial charge in [0.2, 0.25) is 0 Å². The van der Waals surface area contributed by atoms with Gasteiger partial charge in [0, 0.05) is 32.4 Å². The van der Waals surface area contributed by atoms with Crippen molar-refractivity contribution < 1.29 is 4.74 Å². The molecule has 24 heavy (non-hydrogen) atoms. The van der Waals surface area contributed by atoms with Crippen LogP contribution in [0.25, 0.3) is 0 Å². The van der Waals surface area contributed by atoms with Crippen LogP contribution >= 0.6 is 12.2 Å². The normalized spacial score (nSPS) is 10.1. The summed E-state index contributed by atoms with van der Waals surface area (Å²) in [6.07, 6.45) is 1.02. The van der Waals surface area contributed by atoms with Crippen molar-refractivity contribution in [3.63, 3.8) is 0 Å². The molecule has 0 heterocycles. The van der Waals surface area contributed by atoms with E-state index in [1.807, 2.05) is 30.3 Å². The van der Waals surface area contributed by atoms with E-state index in [2.05, 4.69) is 46.8 Å². The predicted octanol–water partition coefficient (Wildman–Crippen LogP) is 3.19. The second-order valence-electron chi connectivity index (χ2n) is 5.57. The Morgan fingerprint density at radius 1 is 1.04 bits per heavy atom. The molecule has 0 saturated heterocycles. The number of nitrogens with one attached hydrogen (secondary N) is 2. The predicted molar refractivity (Wildman–Crippen MR) is 105 cm³/mol. The zero-order chi connectivity index (χ0) is 17.2. The largest absolute Gasteiger partial charge is 0.497 e. The van der Waals surface area contributed by atoms with Gasteiger partial charge in [-0.15, -0.1) is 0 Å². The van der Waals surface area contributed by atoms with Gasteiger partial charge in [-0.3, -0.25) is 0 Å². The van der Waals surface area contributed by atoms with E-state index in [9.17, 15) is 0 Å². The molecule has 128 valence electrons. The topological polar surface area (TPSA) is 36.5 Å². The molecule has 0 bridgehead atoms. The highest BCUT2D eigenvalue weighted by Crippen LogP contribution is 2.11. The first kappa shape index (κ1) is 18.1. The van der Waals surface area contributed by atoms with Crippen LogP contribution in [0.1, 0.15) is 12.0 Å². The van der Waals surface area contributed by atoms with Gasteiger partial charge in [-0.25, -0.2) is 0 Å². The second kappa shape index (κ2) is 9.78. The summed E-state index contributed by atoms with van der Waals surface area (Å²) in [7, 11) is 3.77. The van der Waals surface area contributed by atoms with E-state index in [1.54, 1.807) is 7.11 Å². The lowest BCUT2D eigenvalue weighted by atomic mass is 10.2. The zero-order valence-corrected chi connectivity index (χ0v) is 15.1. The molecule has 0 aliphatic carbocycles. The van der Waals surface area contributed by atoms with Gasteiger partial charge in [0.25, 0.3) is 0 Å². The number of thiocarbonyl (C=S) groups is 1. The van der Waals surface area contributed by atoms with Crippen molar-refractivity contribution in [1.82, 2.24) is 10.6 Å². The van der Waals surface area contributed by atoms with Crippen LogP contribution in [-0.4, -0.2) is 32.4 Å². The third-order valence-corrected chi connectivity index (χ3v) is 4.05. The van der Waals surface area contributed by atoms with Crippen molar-refractivity contribution in [2.24, 2.45) is 0 Å². The molecule has 0 fully saturated rings. The number of methoxy groups -OCH3 is 1. The van der Waals surface area contributed by atoms with E-state index in [1.165, 1.54) is 11.3 Å². The van der Waals surface area contributed by atoms with Crippen molar-refractivity contribution >= 4 is 23.0 Å². The van der Waals surface area contributed by atoms with Gasteiger partial charge in [0.15, 0.2) is 5.11 Å². The summed E-state index contributed by atoms with van der Waals surface area (Å²) >= 11 is 5.31. The number of nitrogens with zero attached hydrogens (tertiary/aromatic N) is 1. The van der Waals surface area contributed by atoms with Gasteiger partial charge >= 0.3 is 0 Å². The smallest absolute Gasteiger partial charge is 0.166 e. The fraction of sp³-hybridized carbons (Fsp3) is 0.316. The Balaban J connectivity index is 1.61. The molecule has 2 aromatic carbocycles. The van der Waals surface area contributed by atoms with Crippen molar-refractivity contribution in [3.8, 4) is 5.75 Å². The van der Waals surface area contributed by atoms with Crippen LogP contribution in [0, 0.1) is 0 Å². The third-order valence-electron chi connectivity index (χ3n) is 3.76. The molecule has 2 rings (SSSR count). The highest BCUT2D eigenvalue weighted by molar-refractivity contribution is 7.80. The lowest BCUT2D eigenvalue weighted by Gasteiger charge is -2.19. The molecule has 0 atom stereocenters. The molecule has 5 heteroatoms. The lowest BCUT2D eigenvalue weighted by Crippen LogP contribution is -2.36. The van der Waals surface area contributed by atoms with E-state index in [4.69, 9.17) is 17.0 Å². The van der Waals surface area contributed by atoms with Crippen molar-refractivity contribution in [2.45, 2.75) is 13.0 Å². The summed E-state index contributed by atoms with van der Waals surface area (Å²) in [5.41, 5.74) is 2.40. The standard InChI is InChI=1S/C19H25N3OS/c1-22(17-7-4-3-5-8-17)14-6-13-20-19(24)21-15-16-9-11-18(23-2)12-10-16/h3-5,7-12H,6,13-15H2,1-2H3,(H2,20,21,24). The second-order valence-corrected chi connectivity index (χ2v) is 5.98. The zero-order valence-electron chi connectivity index (χ0n) is 14.3. The average molecular weight is 343 g/mol. The molecule has 0 spiro atoms. The highest BCUT2D eigenvalue weighted by Gasteiger charge is 2.00. The van der Waals surface area contributed by atoms with E-state index in [-0.39, 0.29) is 0 Å². The van der Waals surface area contributed by atoms with Crippen molar-refractivity contribution in [1.29, 1.82) is 0 Å². The van der Waals surface area contributed by atoms with E-state index >= 15 is 0 Å². The minimum Gasteiger partial charge on any atom is -0.497 e. The van der Waals surface area contributed by atoms with Crippen LogP contribution in [0.4, 0.5) is 5.69 Å². The summed E-state index contributed by atoms with van der Waals surface area (Å²) in [6, 6.07) is 18.4.